The van der Waals surface area contributed by atoms with E-state index in [1.807, 2.05) is 92.7 Å². The molecule has 2 amide bonds. The molecule has 2 N–H and O–H groups in total. The first kappa shape index (κ1) is 35.5. The summed E-state index contributed by atoms with van der Waals surface area (Å²) >= 11 is 1.54. The van der Waals surface area contributed by atoms with Gasteiger partial charge in [0, 0.05) is 11.7 Å². The third-order valence-corrected chi connectivity index (χ3v) is 11.0. The summed E-state index contributed by atoms with van der Waals surface area (Å²) in [7, 11) is 1.31. The standard InChI is InChI=1S/C43H42N2O5S/c1-29(2)39(45-42(48)50-27-37-35-25-15-13-23-33(35)34-24-14-16-26-36(34)37)40(46)44-38(41(47)49-3)28-51-43(30-17-7-4-8-18-30,31-19-9-5-10-20-31)32-21-11-6-12-22-32/h4-26,29,37-39H,27-28H2,1-3H3,(H,44,46)(H,45,48)/t38-,39-/m1/s1. The lowest BCUT2D eigenvalue weighted by atomic mass is 9.84. The summed E-state index contributed by atoms with van der Waals surface area (Å²) < 4.78 is 10.2. The molecule has 51 heavy (non-hydrogen) atoms. The first-order chi connectivity index (χ1) is 24.8. The maximum absolute atomic E-state index is 13.9. The van der Waals surface area contributed by atoms with E-state index in [2.05, 4.69) is 71.3 Å². The van der Waals surface area contributed by atoms with Crippen LogP contribution in [0.1, 0.15) is 47.6 Å². The van der Waals surface area contributed by atoms with Crippen LogP contribution in [0.4, 0.5) is 4.79 Å². The van der Waals surface area contributed by atoms with Crippen LogP contribution in [0.15, 0.2) is 140 Å². The summed E-state index contributed by atoms with van der Waals surface area (Å²) in [5.41, 5.74) is 7.53. The number of ether oxygens (including phenoxy) is 2. The van der Waals surface area contributed by atoms with E-state index in [0.717, 1.165) is 38.9 Å². The normalized spacial score (nSPS) is 13.4. The van der Waals surface area contributed by atoms with E-state index in [9.17, 15) is 14.4 Å². The number of amides is 2. The summed E-state index contributed by atoms with van der Waals surface area (Å²) in [6.07, 6.45) is -0.703. The number of carbonyl (C=O) groups excluding carboxylic acids is 3. The molecule has 8 heteroatoms. The average Bonchev–Trinajstić information content (AvgIpc) is 3.50. The topological polar surface area (TPSA) is 93.7 Å². The highest BCUT2D eigenvalue weighted by molar-refractivity contribution is 8.00. The largest absolute Gasteiger partial charge is 0.467 e. The van der Waals surface area contributed by atoms with E-state index < -0.39 is 34.8 Å². The van der Waals surface area contributed by atoms with E-state index >= 15 is 0 Å². The lowest BCUT2D eigenvalue weighted by Gasteiger charge is -2.36. The molecule has 0 aromatic heterocycles. The van der Waals surface area contributed by atoms with Crippen molar-refractivity contribution < 1.29 is 23.9 Å². The Kier molecular flexibility index (Phi) is 11.2. The van der Waals surface area contributed by atoms with Crippen LogP contribution in [0, 0.1) is 5.92 Å². The molecule has 0 unspecified atom stereocenters. The third kappa shape index (κ3) is 7.56. The van der Waals surface area contributed by atoms with Gasteiger partial charge in [-0.15, -0.1) is 11.8 Å². The number of hydrogen-bond acceptors (Lipinski definition) is 6. The van der Waals surface area contributed by atoms with Crippen LogP contribution >= 0.6 is 11.8 Å². The van der Waals surface area contributed by atoms with Crippen molar-refractivity contribution in [3.63, 3.8) is 0 Å². The second-order valence-electron chi connectivity index (χ2n) is 12.9. The van der Waals surface area contributed by atoms with E-state index in [1.165, 1.54) is 18.9 Å². The summed E-state index contributed by atoms with van der Waals surface area (Å²) in [6, 6.07) is 44.6. The van der Waals surface area contributed by atoms with E-state index in [1.54, 1.807) is 0 Å². The van der Waals surface area contributed by atoms with Crippen molar-refractivity contribution in [1.82, 2.24) is 10.6 Å². The second kappa shape index (κ2) is 16.1. The zero-order valence-corrected chi connectivity index (χ0v) is 29.8. The van der Waals surface area contributed by atoms with Gasteiger partial charge in [0.25, 0.3) is 0 Å². The van der Waals surface area contributed by atoms with Gasteiger partial charge in [0.2, 0.25) is 5.91 Å². The molecule has 1 aliphatic carbocycles. The Balaban J connectivity index is 1.19. The van der Waals surface area contributed by atoms with Crippen molar-refractivity contribution in [1.29, 1.82) is 0 Å². The Morgan fingerprint density at radius 2 is 1.12 bits per heavy atom. The molecule has 1 aliphatic rings. The number of alkyl carbamates (subject to hydrolysis) is 1. The fraction of sp³-hybridized carbons (Fsp3) is 0.233. The molecule has 5 aromatic carbocycles. The first-order valence-electron chi connectivity index (χ1n) is 17.1. The van der Waals surface area contributed by atoms with Crippen LogP contribution in [0.3, 0.4) is 0 Å². The summed E-state index contributed by atoms with van der Waals surface area (Å²) in [5.74, 6) is -1.31. The van der Waals surface area contributed by atoms with Crippen LogP contribution in [-0.2, 0) is 23.8 Å². The van der Waals surface area contributed by atoms with Crippen molar-refractivity contribution in [2.75, 3.05) is 19.5 Å². The molecule has 0 saturated carbocycles. The van der Waals surface area contributed by atoms with Crippen LogP contribution in [0.2, 0.25) is 0 Å². The van der Waals surface area contributed by atoms with Crippen LogP contribution in [-0.4, -0.2) is 49.5 Å². The minimum atomic E-state index is -1.01. The van der Waals surface area contributed by atoms with Crippen LogP contribution < -0.4 is 10.6 Å². The zero-order valence-electron chi connectivity index (χ0n) is 29.0. The van der Waals surface area contributed by atoms with Crippen molar-refractivity contribution in [2.24, 2.45) is 5.92 Å². The maximum atomic E-state index is 13.9. The average molecular weight is 699 g/mol. The van der Waals surface area contributed by atoms with E-state index in [0.29, 0.717) is 0 Å². The van der Waals surface area contributed by atoms with Crippen LogP contribution in [0.5, 0.6) is 0 Å². The fourth-order valence-electron chi connectivity index (χ4n) is 6.85. The van der Waals surface area contributed by atoms with Gasteiger partial charge in [-0.25, -0.2) is 9.59 Å². The molecule has 0 fully saturated rings. The quantitative estimate of drug-likeness (QED) is 0.0959. The smallest absolute Gasteiger partial charge is 0.407 e. The Bertz CT molecular complexity index is 1810. The molecular weight excluding hydrogens is 657 g/mol. The number of methoxy groups -OCH3 is 1. The summed E-state index contributed by atoms with van der Waals surface area (Å²) in [6.45, 7) is 3.79. The van der Waals surface area contributed by atoms with Gasteiger partial charge in [0.15, 0.2) is 0 Å². The molecule has 0 saturated heterocycles. The minimum absolute atomic E-state index is 0.116. The third-order valence-electron chi connectivity index (χ3n) is 9.38. The molecule has 0 heterocycles. The number of carbonyl (C=O) groups is 3. The molecule has 2 atom stereocenters. The zero-order chi connectivity index (χ0) is 35.8. The number of rotatable bonds is 13. The summed E-state index contributed by atoms with van der Waals surface area (Å²) in [4.78, 5) is 40.4. The van der Waals surface area contributed by atoms with Gasteiger partial charge in [-0.2, -0.15) is 0 Å². The Labute approximate surface area is 303 Å². The Hall–Kier alpha value is -5.34. The predicted molar refractivity (Wildman–Crippen MR) is 202 cm³/mol. The van der Waals surface area contributed by atoms with E-state index in [4.69, 9.17) is 9.47 Å². The molecular formula is C43H42N2O5S. The monoisotopic (exact) mass is 698 g/mol. The van der Waals surface area contributed by atoms with Crippen molar-refractivity contribution in [3.8, 4) is 11.1 Å². The lowest BCUT2D eigenvalue weighted by Crippen LogP contribution is -2.55. The predicted octanol–water partition coefficient (Wildman–Crippen LogP) is 7.93. The van der Waals surface area contributed by atoms with Gasteiger partial charge in [-0.3, -0.25) is 4.79 Å². The van der Waals surface area contributed by atoms with Gasteiger partial charge in [-0.05, 0) is 44.9 Å². The van der Waals surface area contributed by atoms with Crippen molar-refractivity contribution >= 4 is 29.7 Å². The van der Waals surface area contributed by atoms with Gasteiger partial charge >= 0.3 is 12.1 Å². The molecule has 0 radical (unpaired) electrons. The first-order valence-corrected chi connectivity index (χ1v) is 18.1. The van der Waals surface area contributed by atoms with Gasteiger partial charge in [0.1, 0.15) is 18.7 Å². The molecule has 0 spiro atoms. The van der Waals surface area contributed by atoms with E-state index in [-0.39, 0.29) is 24.2 Å². The molecule has 7 nitrogen and oxygen atoms in total. The number of hydrogen-bond donors (Lipinski definition) is 2. The van der Waals surface area contributed by atoms with Gasteiger partial charge < -0.3 is 20.1 Å². The van der Waals surface area contributed by atoms with Gasteiger partial charge in [0.05, 0.1) is 11.9 Å². The molecule has 5 aromatic rings. The summed E-state index contributed by atoms with van der Waals surface area (Å²) in [5, 5.41) is 5.67. The minimum Gasteiger partial charge on any atom is -0.467 e. The van der Waals surface area contributed by atoms with Crippen molar-refractivity contribution in [2.45, 2.75) is 36.6 Å². The number of thioether (sulfide) groups is 1. The van der Waals surface area contributed by atoms with Gasteiger partial charge in [-0.1, -0.05) is 153 Å². The number of esters is 1. The Morgan fingerprint density at radius 1 is 0.667 bits per heavy atom. The molecule has 0 aliphatic heterocycles. The number of benzene rings is 5. The number of fused-ring (bicyclic) bond motifs is 3. The van der Waals surface area contributed by atoms with Crippen LogP contribution in [0.25, 0.3) is 11.1 Å². The fourth-order valence-corrected chi connectivity index (χ4v) is 8.40. The maximum Gasteiger partial charge on any atom is 0.407 e. The molecule has 0 bridgehead atoms. The SMILES string of the molecule is COC(=O)[C@@H](CSC(c1ccccc1)(c1ccccc1)c1ccccc1)NC(=O)[C@H](NC(=O)OCC1c2ccccc2-c2ccccc21)C(C)C. The highest BCUT2D eigenvalue weighted by Gasteiger charge is 2.39. The highest BCUT2D eigenvalue weighted by atomic mass is 32.2. The molecule has 6 rings (SSSR count). The van der Waals surface area contributed by atoms with Crippen molar-refractivity contribution in [3.05, 3.63) is 167 Å². The second-order valence-corrected chi connectivity index (χ2v) is 14.1. The highest BCUT2D eigenvalue weighted by Crippen LogP contribution is 2.49. The molecule has 260 valence electrons. The lowest BCUT2D eigenvalue weighted by molar-refractivity contribution is -0.144. The Morgan fingerprint density at radius 3 is 1.57 bits per heavy atom. The number of nitrogens with one attached hydrogen (secondary N) is 2.